The van der Waals surface area contributed by atoms with Crippen LogP contribution in [0.15, 0.2) is 12.1 Å². The van der Waals surface area contributed by atoms with Gasteiger partial charge in [-0.25, -0.2) is 4.98 Å². The second kappa shape index (κ2) is 8.65. The molecule has 0 aliphatic rings. The maximum Gasteiger partial charge on any atom is 0.408 e. The van der Waals surface area contributed by atoms with Gasteiger partial charge < -0.3 is 15.2 Å². The molecule has 2 amide bonds. The topological polar surface area (TPSA) is 93.1 Å². The number of anilines is 1. The Morgan fingerprint density at radius 1 is 1.13 bits per heavy atom. The molecule has 12 heteroatoms. The van der Waals surface area contributed by atoms with Crippen molar-refractivity contribution in [2.45, 2.75) is 33.0 Å². The number of pyridine rings is 1. The highest BCUT2D eigenvalue weighted by atomic mass is 35.5. The average Bonchev–Trinajstić information content (AvgIpc) is 2.81. The van der Waals surface area contributed by atoms with E-state index < -0.39 is 29.8 Å². The normalized spacial score (nSPS) is 12.4. The Balaban J connectivity index is 2.35. The molecular formula is C18H17Cl2F3N4O3. The van der Waals surface area contributed by atoms with Crippen LogP contribution in [0.1, 0.15) is 39.0 Å². The largest absolute Gasteiger partial charge is 0.408 e. The van der Waals surface area contributed by atoms with Gasteiger partial charge in [0.05, 0.1) is 11.3 Å². The summed E-state index contributed by atoms with van der Waals surface area (Å²) in [5.41, 5.74) is 0.601. The number of nitrogens with zero attached hydrogens (tertiary/aromatic N) is 2. The molecule has 7 nitrogen and oxygen atoms in total. The summed E-state index contributed by atoms with van der Waals surface area (Å²) in [5, 5.41) is 4.27. The van der Waals surface area contributed by atoms with E-state index in [1.807, 2.05) is 0 Å². The van der Waals surface area contributed by atoms with Gasteiger partial charge in [-0.2, -0.15) is 13.2 Å². The van der Waals surface area contributed by atoms with Crippen LogP contribution in [0.2, 0.25) is 10.3 Å². The first-order chi connectivity index (χ1) is 13.7. The fourth-order valence-corrected chi connectivity index (χ4v) is 3.28. The van der Waals surface area contributed by atoms with Crippen molar-refractivity contribution in [2.24, 2.45) is 7.05 Å². The van der Waals surface area contributed by atoms with Crippen LogP contribution in [0, 0.1) is 13.8 Å². The lowest BCUT2D eigenvalue weighted by atomic mass is 10.1. The summed E-state index contributed by atoms with van der Waals surface area (Å²) in [6, 6.07) is 0.508. The molecule has 1 unspecified atom stereocenters. The predicted molar refractivity (Wildman–Crippen MR) is 105 cm³/mol. The third kappa shape index (κ3) is 4.93. The number of alkyl halides is 3. The maximum atomic E-state index is 12.8. The molecule has 0 aliphatic heterocycles. The lowest BCUT2D eigenvalue weighted by molar-refractivity contribution is -0.156. The average molecular weight is 465 g/mol. The molecule has 2 heterocycles. The van der Waals surface area contributed by atoms with E-state index in [1.54, 1.807) is 5.32 Å². The Bertz CT molecular complexity index is 1010. The number of halogens is 5. The van der Waals surface area contributed by atoms with Gasteiger partial charge in [-0.3, -0.25) is 14.4 Å². The molecule has 162 valence electrons. The minimum atomic E-state index is -4.70. The number of carbonyl (C=O) groups excluding carboxylic acids is 3. The third-order valence-electron chi connectivity index (χ3n) is 4.44. The van der Waals surface area contributed by atoms with Crippen molar-refractivity contribution in [3.63, 3.8) is 0 Å². The van der Waals surface area contributed by atoms with E-state index in [4.69, 9.17) is 23.2 Å². The third-order valence-corrected chi connectivity index (χ3v) is 4.83. The van der Waals surface area contributed by atoms with E-state index >= 15 is 0 Å². The molecule has 1 atom stereocenters. The summed E-state index contributed by atoms with van der Waals surface area (Å²) in [6.07, 6.45) is -4.70. The fourth-order valence-electron chi connectivity index (χ4n) is 2.82. The van der Waals surface area contributed by atoms with Gasteiger partial charge in [-0.15, -0.1) is 0 Å². The van der Waals surface area contributed by atoms with Crippen molar-refractivity contribution in [2.75, 3.05) is 5.32 Å². The summed E-state index contributed by atoms with van der Waals surface area (Å²) in [5.74, 6) is -3.24. The molecule has 2 aromatic heterocycles. The van der Waals surface area contributed by atoms with E-state index in [0.717, 1.165) is 6.92 Å². The summed E-state index contributed by atoms with van der Waals surface area (Å²) in [6.45, 7) is 3.67. The molecule has 0 saturated heterocycles. The van der Waals surface area contributed by atoms with Gasteiger partial charge in [0, 0.05) is 18.4 Å². The van der Waals surface area contributed by atoms with Crippen molar-refractivity contribution < 1.29 is 27.6 Å². The second-order valence-electron chi connectivity index (χ2n) is 6.51. The Labute approximate surface area is 179 Å². The minimum Gasteiger partial charge on any atom is -0.344 e. The smallest absolute Gasteiger partial charge is 0.344 e. The summed E-state index contributed by atoms with van der Waals surface area (Å²) in [4.78, 5) is 41.1. The van der Waals surface area contributed by atoms with E-state index in [1.165, 1.54) is 37.6 Å². The van der Waals surface area contributed by atoms with Crippen LogP contribution in [0.25, 0.3) is 0 Å². The summed E-state index contributed by atoms with van der Waals surface area (Å²) in [7, 11) is 1.42. The van der Waals surface area contributed by atoms with Gasteiger partial charge in [0.1, 0.15) is 16.3 Å². The zero-order chi connectivity index (χ0) is 23.0. The molecule has 0 spiro atoms. The minimum absolute atomic E-state index is 0.0469. The maximum absolute atomic E-state index is 12.8. The highest BCUT2D eigenvalue weighted by molar-refractivity contribution is 6.43. The lowest BCUT2D eigenvalue weighted by Crippen LogP contribution is -2.46. The summed E-state index contributed by atoms with van der Waals surface area (Å²) < 4.78 is 39.3. The number of amides is 2. The predicted octanol–water partition coefficient (Wildman–Crippen LogP) is 3.85. The van der Waals surface area contributed by atoms with Crippen molar-refractivity contribution in [3.05, 3.63) is 45.0 Å². The van der Waals surface area contributed by atoms with Gasteiger partial charge in [0.15, 0.2) is 0 Å². The van der Waals surface area contributed by atoms with Crippen LogP contribution in [0.5, 0.6) is 0 Å². The highest BCUT2D eigenvalue weighted by Gasteiger charge is 2.39. The van der Waals surface area contributed by atoms with E-state index in [0.29, 0.717) is 5.69 Å². The molecule has 2 N–H and O–H groups in total. The fraction of sp³-hybridized carbons (Fsp3) is 0.333. The van der Waals surface area contributed by atoms with Crippen LogP contribution in [-0.4, -0.2) is 39.4 Å². The quantitative estimate of drug-likeness (QED) is 0.399. The number of aromatic nitrogens is 2. The Hall–Kier alpha value is -2.59. The summed E-state index contributed by atoms with van der Waals surface area (Å²) >= 11 is 11.6. The van der Waals surface area contributed by atoms with Gasteiger partial charge in [-0.05, 0) is 38.5 Å². The monoisotopic (exact) mass is 464 g/mol. The molecule has 0 aromatic carbocycles. The number of nitrogens with one attached hydrogen (secondary N) is 2. The van der Waals surface area contributed by atoms with Crippen LogP contribution >= 0.6 is 23.2 Å². The van der Waals surface area contributed by atoms with Crippen molar-refractivity contribution in [1.29, 1.82) is 0 Å². The molecule has 30 heavy (non-hydrogen) atoms. The number of Topliss-reactive ketones (excluding diaryl/α,β-unsaturated/α-hetero) is 1. The second-order valence-corrected chi connectivity index (χ2v) is 7.29. The first-order valence-electron chi connectivity index (χ1n) is 8.46. The van der Waals surface area contributed by atoms with E-state index in [-0.39, 0.29) is 32.8 Å². The standard InChI is InChI=1S/C18H17Cl2F3N4O3/c1-7-13(16(29)25-10-5-11(19)26-12(20)6-10)8(2)27(4)14(7)15(28)17(30)24-9(3)18(21,22)23/h5-6,9H,1-4H3,(H,24,30)(H,25,26,29). The number of hydrogen-bond acceptors (Lipinski definition) is 4. The first-order valence-corrected chi connectivity index (χ1v) is 9.21. The van der Waals surface area contributed by atoms with Gasteiger partial charge >= 0.3 is 6.18 Å². The molecule has 2 aromatic rings. The SMILES string of the molecule is Cc1c(C(=O)Nc2cc(Cl)nc(Cl)c2)c(C)n(C)c1C(=O)C(=O)NC(C)C(F)(F)F. The molecule has 0 fully saturated rings. The van der Waals surface area contributed by atoms with Crippen LogP contribution in [0.3, 0.4) is 0 Å². The molecule has 0 bridgehead atoms. The number of ketones is 1. The zero-order valence-corrected chi connectivity index (χ0v) is 17.8. The molecule has 0 saturated carbocycles. The van der Waals surface area contributed by atoms with Crippen LogP contribution in [0.4, 0.5) is 18.9 Å². The Morgan fingerprint density at radius 3 is 2.17 bits per heavy atom. The van der Waals surface area contributed by atoms with E-state index in [2.05, 4.69) is 10.3 Å². The van der Waals surface area contributed by atoms with Crippen LogP contribution in [-0.2, 0) is 11.8 Å². The zero-order valence-electron chi connectivity index (χ0n) is 16.2. The highest BCUT2D eigenvalue weighted by Crippen LogP contribution is 2.25. The van der Waals surface area contributed by atoms with Crippen LogP contribution < -0.4 is 10.6 Å². The number of carbonyl (C=O) groups is 3. The molecule has 0 radical (unpaired) electrons. The number of rotatable bonds is 5. The first kappa shape index (κ1) is 23.7. The van der Waals surface area contributed by atoms with Crippen molar-refractivity contribution in [3.8, 4) is 0 Å². The Kier molecular flexibility index (Phi) is 6.83. The molecule has 2 rings (SSSR count). The van der Waals surface area contributed by atoms with E-state index in [9.17, 15) is 27.6 Å². The lowest BCUT2D eigenvalue weighted by Gasteiger charge is -2.16. The van der Waals surface area contributed by atoms with Gasteiger partial charge in [0.2, 0.25) is 0 Å². The molecule has 0 aliphatic carbocycles. The number of hydrogen-bond donors (Lipinski definition) is 2. The van der Waals surface area contributed by atoms with Gasteiger partial charge in [-0.1, -0.05) is 23.2 Å². The van der Waals surface area contributed by atoms with Crippen molar-refractivity contribution in [1.82, 2.24) is 14.9 Å². The van der Waals surface area contributed by atoms with Crippen molar-refractivity contribution >= 4 is 46.5 Å². The van der Waals surface area contributed by atoms with Gasteiger partial charge in [0.25, 0.3) is 17.6 Å². The Morgan fingerprint density at radius 2 is 1.67 bits per heavy atom. The molecular weight excluding hydrogens is 448 g/mol.